The van der Waals surface area contributed by atoms with Gasteiger partial charge in [-0.2, -0.15) is 4.31 Å². The van der Waals surface area contributed by atoms with Crippen LogP contribution in [0.3, 0.4) is 0 Å². The molecule has 2 saturated heterocycles. The zero-order valence-electron chi connectivity index (χ0n) is 10.2. The first-order valence-corrected chi connectivity index (χ1v) is 10.6. The molecule has 2 atom stereocenters. The molecule has 8 heteroatoms. The molecule has 2 bridgehead atoms. The van der Waals surface area contributed by atoms with Crippen LogP contribution in [0.15, 0.2) is 0 Å². The van der Waals surface area contributed by atoms with Crippen molar-refractivity contribution < 1.29 is 16.8 Å². The molecule has 0 N–H and O–H groups in total. The number of alkyl halides is 1. The summed E-state index contributed by atoms with van der Waals surface area (Å²) < 4.78 is 48.3. The molecule has 0 aromatic carbocycles. The highest BCUT2D eigenvalue weighted by Crippen LogP contribution is 2.40. The van der Waals surface area contributed by atoms with Gasteiger partial charge in [-0.25, -0.2) is 16.8 Å². The maximum Gasteiger partial charge on any atom is 0.215 e. The van der Waals surface area contributed by atoms with E-state index in [9.17, 15) is 16.8 Å². The van der Waals surface area contributed by atoms with Crippen molar-refractivity contribution in [3.05, 3.63) is 0 Å². The van der Waals surface area contributed by atoms with Crippen LogP contribution in [0, 0.1) is 0 Å². The number of fused-ring (bicyclic) bond motifs is 2. The first kappa shape index (κ1) is 14.7. The number of hydrogen-bond acceptors (Lipinski definition) is 4. The van der Waals surface area contributed by atoms with Gasteiger partial charge in [0, 0.05) is 23.2 Å². The molecule has 0 aromatic heterocycles. The summed E-state index contributed by atoms with van der Waals surface area (Å²) in [4.78, 5) is 0.386. The molecule has 0 amide bonds. The fraction of sp³-hybridized carbons (Fsp3) is 1.00. The molecule has 5 nitrogen and oxygen atoms in total. The smallest absolute Gasteiger partial charge is 0.215 e. The van der Waals surface area contributed by atoms with Gasteiger partial charge in [0.25, 0.3) is 0 Å². The van der Waals surface area contributed by atoms with Crippen LogP contribution in [0.4, 0.5) is 0 Å². The van der Waals surface area contributed by atoms with Crippen molar-refractivity contribution in [1.82, 2.24) is 4.31 Å². The Kier molecular flexibility index (Phi) is 4.12. The highest BCUT2D eigenvalue weighted by molar-refractivity contribution is 9.09. The Labute approximate surface area is 117 Å². The summed E-state index contributed by atoms with van der Waals surface area (Å²) in [5.41, 5.74) is 0. The minimum Gasteiger partial charge on any atom is -0.229 e. The van der Waals surface area contributed by atoms with E-state index >= 15 is 0 Å². The van der Waals surface area contributed by atoms with Crippen molar-refractivity contribution in [2.45, 2.75) is 42.6 Å². The second-order valence-electron chi connectivity index (χ2n) is 5.23. The van der Waals surface area contributed by atoms with Gasteiger partial charge in [0.05, 0.1) is 11.5 Å². The fourth-order valence-electron chi connectivity index (χ4n) is 2.88. The van der Waals surface area contributed by atoms with E-state index < -0.39 is 19.9 Å². The van der Waals surface area contributed by atoms with Crippen LogP contribution in [0.5, 0.6) is 0 Å². The topological polar surface area (TPSA) is 71.5 Å². The second kappa shape index (κ2) is 5.03. The summed E-state index contributed by atoms with van der Waals surface area (Å²) in [6.45, 7) is 0. The van der Waals surface area contributed by atoms with Gasteiger partial charge >= 0.3 is 0 Å². The minimum atomic E-state index is -3.44. The molecule has 18 heavy (non-hydrogen) atoms. The van der Waals surface area contributed by atoms with E-state index in [-0.39, 0.29) is 23.6 Å². The van der Waals surface area contributed by atoms with Gasteiger partial charge in [0.2, 0.25) is 10.0 Å². The van der Waals surface area contributed by atoms with Crippen LogP contribution in [0.2, 0.25) is 0 Å². The number of sulfone groups is 1. The quantitative estimate of drug-likeness (QED) is 0.694. The average molecular weight is 360 g/mol. The Bertz CT molecular complexity index is 502. The van der Waals surface area contributed by atoms with Crippen LogP contribution in [0.1, 0.15) is 25.7 Å². The van der Waals surface area contributed by atoms with Crippen molar-refractivity contribution in [1.29, 1.82) is 0 Å². The lowest BCUT2D eigenvalue weighted by Crippen LogP contribution is -2.48. The Balaban J connectivity index is 2.12. The molecule has 0 aliphatic carbocycles. The molecule has 2 aliphatic rings. The Morgan fingerprint density at radius 2 is 1.56 bits per heavy atom. The molecular formula is C10H18BrNO4S2. The predicted octanol–water partition coefficient (Wildman–Crippen LogP) is 0.751. The predicted molar refractivity (Wildman–Crippen MR) is 74.1 cm³/mol. The largest absolute Gasteiger partial charge is 0.229 e. The van der Waals surface area contributed by atoms with Gasteiger partial charge in [0.15, 0.2) is 0 Å². The third-order valence-corrected chi connectivity index (χ3v) is 7.55. The minimum absolute atomic E-state index is 0.0534. The normalized spacial score (nSPS) is 33.8. The first-order valence-electron chi connectivity index (χ1n) is 6.02. The van der Waals surface area contributed by atoms with E-state index in [1.54, 1.807) is 4.31 Å². The summed E-state index contributed by atoms with van der Waals surface area (Å²) in [5.74, 6) is -0.575. The lowest BCUT2D eigenvalue weighted by Gasteiger charge is -2.35. The van der Waals surface area contributed by atoms with Gasteiger partial charge in [-0.1, -0.05) is 15.9 Å². The van der Waals surface area contributed by atoms with Crippen molar-refractivity contribution in [3.63, 3.8) is 0 Å². The van der Waals surface area contributed by atoms with E-state index in [4.69, 9.17) is 0 Å². The third-order valence-electron chi connectivity index (χ3n) is 3.64. The second-order valence-corrected chi connectivity index (χ2v) is 10.8. The zero-order valence-corrected chi connectivity index (χ0v) is 13.5. The van der Waals surface area contributed by atoms with Crippen molar-refractivity contribution in [2.24, 2.45) is 0 Å². The molecule has 2 unspecified atom stereocenters. The molecule has 0 radical (unpaired) electrons. The van der Waals surface area contributed by atoms with E-state index in [1.165, 1.54) is 0 Å². The summed E-state index contributed by atoms with van der Waals surface area (Å²) in [7, 11) is -6.68. The highest BCUT2D eigenvalue weighted by Gasteiger charge is 2.45. The van der Waals surface area contributed by atoms with E-state index in [0.29, 0.717) is 4.83 Å². The van der Waals surface area contributed by atoms with E-state index in [2.05, 4.69) is 15.9 Å². The Morgan fingerprint density at radius 1 is 1.06 bits per heavy atom. The van der Waals surface area contributed by atoms with Crippen molar-refractivity contribution >= 4 is 35.8 Å². The first-order chi connectivity index (χ1) is 8.19. The summed E-state index contributed by atoms with van der Waals surface area (Å²) >= 11 is 3.56. The molecule has 2 fully saturated rings. The average Bonchev–Trinajstić information content (AvgIpc) is 2.49. The molecule has 106 valence electrons. The number of nitrogens with zero attached hydrogens (tertiary/aromatic N) is 1. The molecular weight excluding hydrogens is 342 g/mol. The number of rotatable bonds is 4. The maximum absolute atomic E-state index is 12.2. The van der Waals surface area contributed by atoms with Crippen LogP contribution in [-0.4, -0.2) is 55.8 Å². The monoisotopic (exact) mass is 359 g/mol. The van der Waals surface area contributed by atoms with Crippen LogP contribution < -0.4 is 0 Å². The van der Waals surface area contributed by atoms with Crippen molar-refractivity contribution in [3.8, 4) is 0 Å². The summed E-state index contributed by atoms with van der Waals surface area (Å²) in [6, 6.07) is 0.107. The van der Waals surface area contributed by atoms with Gasteiger partial charge in [-0.3, -0.25) is 0 Å². The fourth-order valence-corrected chi connectivity index (χ4v) is 7.30. The summed E-state index contributed by atoms with van der Waals surface area (Å²) in [6.07, 6.45) is 4.51. The van der Waals surface area contributed by atoms with Crippen LogP contribution in [0.25, 0.3) is 0 Å². The number of sulfonamides is 1. The van der Waals surface area contributed by atoms with E-state index in [1.807, 2.05) is 0 Å². The van der Waals surface area contributed by atoms with Crippen LogP contribution in [-0.2, 0) is 19.9 Å². The third kappa shape index (κ3) is 3.26. The molecule has 0 saturated carbocycles. The van der Waals surface area contributed by atoms with Crippen LogP contribution >= 0.6 is 15.9 Å². The maximum atomic E-state index is 12.2. The lowest BCUT2D eigenvalue weighted by atomic mass is 10.1. The molecule has 2 rings (SSSR count). The number of halogens is 1. The van der Waals surface area contributed by atoms with Gasteiger partial charge in [0.1, 0.15) is 9.84 Å². The molecule has 2 heterocycles. The van der Waals surface area contributed by atoms with Gasteiger partial charge in [-0.05, 0) is 25.7 Å². The Morgan fingerprint density at radius 3 is 2.00 bits per heavy atom. The van der Waals surface area contributed by atoms with Gasteiger partial charge < -0.3 is 0 Å². The zero-order chi connectivity index (χ0) is 13.6. The highest BCUT2D eigenvalue weighted by atomic mass is 79.9. The van der Waals surface area contributed by atoms with Gasteiger partial charge in [-0.15, -0.1) is 0 Å². The van der Waals surface area contributed by atoms with Crippen molar-refractivity contribution in [2.75, 3.05) is 17.8 Å². The SMILES string of the molecule is CS(=O)(=O)CCS(=O)(=O)N1C2CCC1CC(Br)C2. The summed E-state index contributed by atoms with van der Waals surface area (Å²) in [5, 5.41) is 0. The Hall–Kier alpha value is 0.340. The molecule has 0 spiro atoms. The number of piperidine rings is 1. The standard InChI is InChI=1S/C10H18BrNO4S2/c1-17(13,14)4-5-18(15,16)12-9-2-3-10(12)7-8(11)6-9/h8-10H,2-7H2,1H3. The number of hydrogen-bond donors (Lipinski definition) is 0. The molecule has 2 aliphatic heterocycles. The lowest BCUT2D eigenvalue weighted by molar-refractivity contribution is 0.255. The van der Waals surface area contributed by atoms with E-state index in [0.717, 1.165) is 31.9 Å². The molecule has 0 aromatic rings.